The largest absolute Gasteiger partial charge is 0.299 e. The third kappa shape index (κ3) is 6.42. The van der Waals surface area contributed by atoms with E-state index in [0.29, 0.717) is 6.04 Å². The number of hydrazone groups is 1. The zero-order chi connectivity index (χ0) is 22.9. The number of carbonyl (C=O) groups excluding carboxylic acids is 1. The molecule has 2 aromatic carbocycles. The second-order valence-corrected chi connectivity index (χ2v) is 9.15. The Bertz CT molecular complexity index is 1100. The first kappa shape index (κ1) is 23.0. The van der Waals surface area contributed by atoms with Gasteiger partial charge in [0, 0.05) is 17.8 Å². The zero-order valence-corrected chi connectivity index (χ0v) is 19.7. The normalized spacial score (nSPS) is 14.8. The smallest absolute Gasteiger partial charge is 0.250 e. The predicted molar refractivity (Wildman–Crippen MR) is 135 cm³/mol. The number of allylic oxidation sites excluding steroid dienone is 1. The Morgan fingerprint density at radius 3 is 2.61 bits per heavy atom. The molecule has 1 aliphatic carbocycles. The first-order valence-corrected chi connectivity index (χ1v) is 12.4. The molecule has 1 saturated carbocycles. The first-order chi connectivity index (χ1) is 16.2. The highest BCUT2D eigenvalue weighted by atomic mass is 32.2. The van der Waals surface area contributed by atoms with Crippen LogP contribution in [0.15, 0.2) is 70.9 Å². The Hall–Kier alpha value is -3.19. The van der Waals surface area contributed by atoms with Gasteiger partial charge in [-0.1, -0.05) is 97.3 Å². The van der Waals surface area contributed by atoms with Gasteiger partial charge in [0.05, 0.1) is 5.75 Å². The fourth-order valence-corrected chi connectivity index (χ4v) is 4.77. The van der Waals surface area contributed by atoms with Crippen LogP contribution in [0.5, 0.6) is 0 Å². The van der Waals surface area contributed by atoms with Crippen LogP contribution in [0.4, 0.5) is 0 Å². The summed E-state index contributed by atoms with van der Waals surface area (Å²) >= 11 is 1.41. The Morgan fingerprint density at radius 1 is 1.09 bits per heavy atom. The number of hydrogen-bond donors (Lipinski definition) is 1. The second kappa shape index (κ2) is 11.6. The lowest BCUT2D eigenvalue weighted by atomic mass is 9.95. The minimum Gasteiger partial charge on any atom is -0.299 e. The van der Waals surface area contributed by atoms with Crippen LogP contribution in [0.2, 0.25) is 0 Å². The molecular formula is C26H29N5OS. The van der Waals surface area contributed by atoms with Gasteiger partial charge in [-0.25, -0.2) is 5.43 Å². The van der Waals surface area contributed by atoms with E-state index in [1.807, 2.05) is 36.4 Å². The number of hydrogen-bond acceptors (Lipinski definition) is 5. The number of thioether (sulfide) groups is 1. The van der Waals surface area contributed by atoms with Gasteiger partial charge in [-0.05, 0) is 31.4 Å². The van der Waals surface area contributed by atoms with Gasteiger partial charge >= 0.3 is 0 Å². The van der Waals surface area contributed by atoms with E-state index in [-0.39, 0.29) is 11.7 Å². The van der Waals surface area contributed by atoms with Gasteiger partial charge in [0.1, 0.15) is 0 Å². The lowest BCUT2D eigenvalue weighted by Crippen LogP contribution is -2.20. The Morgan fingerprint density at radius 2 is 1.85 bits per heavy atom. The summed E-state index contributed by atoms with van der Waals surface area (Å²) in [5.41, 5.74) is 5.94. The first-order valence-electron chi connectivity index (χ1n) is 11.4. The van der Waals surface area contributed by atoms with E-state index >= 15 is 0 Å². The maximum atomic E-state index is 12.3. The molecule has 1 heterocycles. The third-order valence-corrected chi connectivity index (χ3v) is 6.63. The number of nitrogens with zero attached hydrogens (tertiary/aromatic N) is 4. The van der Waals surface area contributed by atoms with Crippen molar-refractivity contribution >= 4 is 30.0 Å². The molecule has 0 saturated heterocycles. The molecule has 0 bridgehead atoms. The average molecular weight is 460 g/mol. The molecule has 0 spiro atoms. The highest BCUT2D eigenvalue weighted by Gasteiger charge is 2.24. The molecule has 1 aromatic heterocycles. The third-order valence-electron chi connectivity index (χ3n) is 5.68. The molecule has 7 heteroatoms. The summed E-state index contributed by atoms with van der Waals surface area (Å²) in [4.78, 5) is 12.3. The quantitative estimate of drug-likeness (QED) is 0.268. The van der Waals surface area contributed by atoms with Crippen molar-refractivity contribution in [3.05, 3.63) is 71.8 Å². The zero-order valence-electron chi connectivity index (χ0n) is 18.9. The Balaban J connectivity index is 1.39. The number of carbonyl (C=O) groups is 1. The number of aryl methyl sites for hydroxylation is 1. The van der Waals surface area contributed by atoms with Crippen LogP contribution in [0.3, 0.4) is 0 Å². The van der Waals surface area contributed by atoms with Gasteiger partial charge in [-0.2, -0.15) is 5.10 Å². The summed E-state index contributed by atoms with van der Waals surface area (Å²) in [5, 5.41) is 13.8. The molecule has 4 rings (SSSR count). The standard InChI is InChI=1S/C26H29N5OS/c1-20-14-16-22(17-15-20)25-29-30-26(31(25)23-12-6-3-7-13-23)33-19-24(32)28-27-18-8-11-21-9-4-2-5-10-21/h2,4-5,8-11,14-18,23H,3,6-7,12-13,19H2,1H3,(H,28,32)/b11-8+,27-18+. The van der Waals surface area contributed by atoms with Crippen molar-refractivity contribution in [1.29, 1.82) is 0 Å². The summed E-state index contributed by atoms with van der Waals surface area (Å²) in [7, 11) is 0. The van der Waals surface area contributed by atoms with Crippen molar-refractivity contribution in [2.75, 3.05) is 5.75 Å². The van der Waals surface area contributed by atoms with Gasteiger partial charge in [0.2, 0.25) is 0 Å². The van der Waals surface area contributed by atoms with Gasteiger partial charge in [0.15, 0.2) is 11.0 Å². The van der Waals surface area contributed by atoms with Crippen LogP contribution in [0.25, 0.3) is 17.5 Å². The van der Waals surface area contributed by atoms with E-state index in [2.05, 4.69) is 56.5 Å². The molecule has 170 valence electrons. The van der Waals surface area contributed by atoms with Crippen LogP contribution < -0.4 is 5.43 Å². The highest BCUT2D eigenvalue weighted by Crippen LogP contribution is 2.35. The van der Waals surface area contributed by atoms with Crippen molar-refractivity contribution in [2.45, 2.75) is 50.2 Å². The molecule has 0 atom stereocenters. The summed E-state index contributed by atoms with van der Waals surface area (Å²) in [5.74, 6) is 0.951. The number of aromatic nitrogens is 3. The van der Waals surface area contributed by atoms with Crippen LogP contribution in [0, 0.1) is 6.92 Å². The predicted octanol–water partition coefficient (Wildman–Crippen LogP) is 5.67. The molecule has 6 nitrogen and oxygen atoms in total. The van der Waals surface area contributed by atoms with E-state index < -0.39 is 0 Å². The minimum atomic E-state index is -0.167. The molecule has 1 N–H and O–H groups in total. The van der Waals surface area contributed by atoms with E-state index in [4.69, 9.17) is 0 Å². The Labute approximate surface area is 199 Å². The van der Waals surface area contributed by atoms with Gasteiger partial charge in [-0.3, -0.25) is 9.36 Å². The number of benzene rings is 2. The van der Waals surface area contributed by atoms with E-state index in [1.165, 1.54) is 36.6 Å². The Kier molecular flexibility index (Phi) is 8.09. The molecule has 0 aliphatic heterocycles. The topological polar surface area (TPSA) is 72.2 Å². The number of nitrogens with one attached hydrogen (secondary N) is 1. The summed E-state index contributed by atoms with van der Waals surface area (Å²) in [6.07, 6.45) is 11.3. The SMILES string of the molecule is Cc1ccc(-c2nnc(SCC(=O)N/N=C/C=C/c3ccccc3)n2C2CCCCC2)cc1. The lowest BCUT2D eigenvalue weighted by Gasteiger charge is -2.25. The molecule has 0 unspecified atom stereocenters. The molecule has 1 aliphatic rings. The fraction of sp³-hybridized carbons (Fsp3) is 0.308. The maximum absolute atomic E-state index is 12.3. The van der Waals surface area contributed by atoms with Crippen molar-refractivity contribution < 1.29 is 4.79 Å². The summed E-state index contributed by atoms with van der Waals surface area (Å²) in [6, 6.07) is 18.7. The van der Waals surface area contributed by atoms with E-state index in [1.54, 1.807) is 12.3 Å². The van der Waals surface area contributed by atoms with Gasteiger partial charge in [-0.15, -0.1) is 10.2 Å². The molecular weight excluding hydrogens is 430 g/mol. The van der Waals surface area contributed by atoms with E-state index in [0.717, 1.165) is 34.9 Å². The average Bonchev–Trinajstić information content (AvgIpc) is 3.28. The van der Waals surface area contributed by atoms with Gasteiger partial charge in [0.25, 0.3) is 5.91 Å². The van der Waals surface area contributed by atoms with Crippen LogP contribution in [-0.2, 0) is 4.79 Å². The molecule has 1 amide bonds. The van der Waals surface area contributed by atoms with Crippen LogP contribution in [0.1, 0.15) is 49.3 Å². The van der Waals surface area contributed by atoms with Gasteiger partial charge < -0.3 is 0 Å². The maximum Gasteiger partial charge on any atom is 0.250 e. The van der Waals surface area contributed by atoms with Crippen molar-refractivity contribution in [3.63, 3.8) is 0 Å². The minimum absolute atomic E-state index is 0.167. The molecule has 3 aromatic rings. The number of rotatable bonds is 8. The van der Waals surface area contributed by atoms with Crippen molar-refractivity contribution in [3.8, 4) is 11.4 Å². The monoisotopic (exact) mass is 459 g/mol. The van der Waals surface area contributed by atoms with Crippen LogP contribution >= 0.6 is 11.8 Å². The van der Waals surface area contributed by atoms with Crippen LogP contribution in [-0.4, -0.2) is 32.6 Å². The summed E-state index contributed by atoms with van der Waals surface area (Å²) < 4.78 is 2.24. The lowest BCUT2D eigenvalue weighted by molar-refractivity contribution is -0.118. The van der Waals surface area contributed by atoms with E-state index in [9.17, 15) is 4.79 Å². The second-order valence-electron chi connectivity index (χ2n) is 8.21. The fourth-order valence-electron chi connectivity index (χ4n) is 3.98. The molecule has 33 heavy (non-hydrogen) atoms. The molecule has 1 fully saturated rings. The molecule has 0 radical (unpaired) electrons. The number of amides is 1. The highest BCUT2D eigenvalue weighted by molar-refractivity contribution is 7.99. The van der Waals surface area contributed by atoms with Crippen molar-refractivity contribution in [2.24, 2.45) is 5.10 Å². The summed E-state index contributed by atoms with van der Waals surface area (Å²) in [6.45, 7) is 2.08. The van der Waals surface area contributed by atoms with Crippen molar-refractivity contribution in [1.82, 2.24) is 20.2 Å².